The SMILES string of the molecule is Cc1ccc(NC(=O)c2ccn(C3CCCNC3)n2)c(C)n1.Cl.Cl. The smallest absolute Gasteiger partial charge is 0.276 e. The molecule has 24 heavy (non-hydrogen) atoms. The third kappa shape index (κ3) is 4.69. The quantitative estimate of drug-likeness (QED) is 0.869. The van der Waals surface area contributed by atoms with Crippen LogP contribution in [0.5, 0.6) is 0 Å². The number of carbonyl (C=O) groups excluding carboxylic acids is 1. The van der Waals surface area contributed by atoms with Crippen molar-refractivity contribution in [3.05, 3.63) is 41.5 Å². The van der Waals surface area contributed by atoms with Crippen LogP contribution in [-0.2, 0) is 0 Å². The number of halogens is 2. The van der Waals surface area contributed by atoms with Gasteiger partial charge >= 0.3 is 0 Å². The average Bonchev–Trinajstić information content (AvgIpc) is 3.01. The van der Waals surface area contributed by atoms with Crippen LogP contribution in [-0.4, -0.2) is 33.8 Å². The predicted molar refractivity (Wildman–Crippen MR) is 99.5 cm³/mol. The zero-order chi connectivity index (χ0) is 15.5. The monoisotopic (exact) mass is 371 g/mol. The van der Waals surface area contributed by atoms with Gasteiger partial charge in [-0.1, -0.05) is 0 Å². The average molecular weight is 372 g/mol. The van der Waals surface area contributed by atoms with E-state index in [1.807, 2.05) is 36.9 Å². The molecule has 0 bridgehead atoms. The van der Waals surface area contributed by atoms with Gasteiger partial charge in [0.1, 0.15) is 0 Å². The maximum Gasteiger partial charge on any atom is 0.276 e. The van der Waals surface area contributed by atoms with Crippen LogP contribution in [0.15, 0.2) is 24.4 Å². The molecule has 132 valence electrons. The molecule has 2 N–H and O–H groups in total. The van der Waals surface area contributed by atoms with E-state index in [1.165, 1.54) is 0 Å². The third-order valence-electron chi connectivity index (χ3n) is 3.96. The summed E-state index contributed by atoms with van der Waals surface area (Å²) in [4.78, 5) is 16.7. The number of aryl methyl sites for hydroxylation is 2. The number of anilines is 1. The van der Waals surface area contributed by atoms with Gasteiger partial charge in [-0.25, -0.2) is 0 Å². The minimum absolute atomic E-state index is 0. The lowest BCUT2D eigenvalue weighted by Crippen LogP contribution is -2.32. The Kier molecular flexibility index (Phi) is 7.66. The minimum Gasteiger partial charge on any atom is -0.319 e. The summed E-state index contributed by atoms with van der Waals surface area (Å²) in [6, 6.07) is 5.85. The highest BCUT2D eigenvalue weighted by Crippen LogP contribution is 2.17. The van der Waals surface area contributed by atoms with E-state index < -0.39 is 0 Å². The molecule has 8 heteroatoms. The summed E-state index contributed by atoms with van der Waals surface area (Å²) in [6.45, 7) is 5.78. The molecule has 1 aliphatic rings. The van der Waals surface area contributed by atoms with Crippen molar-refractivity contribution in [3.63, 3.8) is 0 Å². The molecule has 0 aromatic carbocycles. The third-order valence-corrected chi connectivity index (χ3v) is 3.96. The van der Waals surface area contributed by atoms with Crippen LogP contribution in [0, 0.1) is 13.8 Å². The number of amides is 1. The first-order chi connectivity index (χ1) is 10.6. The van der Waals surface area contributed by atoms with Gasteiger partial charge in [-0.15, -0.1) is 24.8 Å². The van der Waals surface area contributed by atoms with Crippen molar-refractivity contribution < 1.29 is 4.79 Å². The molecule has 3 rings (SSSR count). The van der Waals surface area contributed by atoms with E-state index in [2.05, 4.69) is 20.7 Å². The van der Waals surface area contributed by atoms with E-state index in [9.17, 15) is 4.79 Å². The summed E-state index contributed by atoms with van der Waals surface area (Å²) in [7, 11) is 0. The fraction of sp³-hybridized carbons (Fsp3) is 0.438. The fourth-order valence-corrected chi connectivity index (χ4v) is 2.73. The summed E-state index contributed by atoms with van der Waals surface area (Å²) < 4.78 is 1.89. The Morgan fingerprint density at radius 2 is 2.08 bits per heavy atom. The summed E-state index contributed by atoms with van der Waals surface area (Å²) >= 11 is 0. The van der Waals surface area contributed by atoms with E-state index in [1.54, 1.807) is 6.07 Å². The number of hydrogen-bond donors (Lipinski definition) is 2. The maximum absolute atomic E-state index is 12.3. The largest absolute Gasteiger partial charge is 0.319 e. The van der Waals surface area contributed by atoms with E-state index in [-0.39, 0.29) is 30.7 Å². The lowest BCUT2D eigenvalue weighted by atomic mass is 10.1. The van der Waals surface area contributed by atoms with Crippen molar-refractivity contribution in [1.29, 1.82) is 0 Å². The molecule has 2 aromatic rings. The van der Waals surface area contributed by atoms with Crippen molar-refractivity contribution in [1.82, 2.24) is 20.1 Å². The summed E-state index contributed by atoms with van der Waals surface area (Å²) in [5, 5.41) is 10.7. The predicted octanol–water partition coefficient (Wildman–Crippen LogP) is 2.92. The Hall–Kier alpha value is -1.63. The lowest BCUT2D eigenvalue weighted by Gasteiger charge is -2.22. The lowest BCUT2D eigenvalue weighted by molar-refractivity contribution is 0.102. The van der Waals surface area contributed by atoms with Crippen molar-refractivity contribution in [2.24, 2.45) is 0 Å². The van der Waals surface area contributed by atoms with Gasteiger partial charge in [0.2, 0.25) is 0 Å². The van der Waals surface area contributed by atoms with Gasteiger partial charge in [-0.2, -0.15) is 5.10 Å². The second-order valence-corrected chi connectivity index (χ2v) is 5.72. The highest BCUT2D eigenvalue weighted by atomic mass is 35.5. The molecule has 0 aliphatic carbocycles. The number of nitrogens with one attached hydrogen (secondary N) is 2. The molecule has 1 amide bonds. The molecule has 1 unspecified atom stereocenters. The maximum atomic E-state index is 12.3. The zero-order valence-corrected chi connectivity index (χ0v) is 15.4. The number of nitrogens with zero attached hydrogens (tertiary/aromatic N) is 3. The van der Waals surface area contributed by atoms with Crippen molar-refractivity contribution in [2.45, 2.75) is 32.7 Å². The van der Waals surface area contributed by atoms with Gasteiger partial charge in [0.15, 0.2) is 5.69 Å². The molecule has 6 nitrogen and oxygen atoms in total. The van der Waals surface area contributed by atoms with E-state index in [0.29, 0.717) is 11.7 Å². The van der Waals surface area contributed by atoms with E-state index in [0.717, 1.165) is 43.0 Å². The van der Waals surface area contributed by atoms with Gasteiger partial charge < -0.3 is 10.6 Å². The van der Waals surface area contributed by atoms with Gasteiger partial charge in [0.05, 0.1) is 17.4 Å². The second kappa shape index (κ2) is 9.01. The number of hydrogen-bond acceptors (Lipinski definition) is 4. The van der Waals surface area contributed by atoms with Crippen molar-refractivity contribution >= 4 is 36.4 Å². The summed E-state index contributed by atoms with van der Waals surface area (Å²) in [6.07, 6.45) is 4.11. The highest BCUT2D eigenvalue weighted by Gasteiger charge is 2.18. The first-order valence-electron chi connectivity index (χ1n) is 7.65. The zero-order valence-electron chi connectivity index (χ0n) is 13.8. The van der Waals surface area contributed by atoms with Crippen LogP contribution < -0.4 is 10.6 Å². The minimum atomic E-state index is -0.198. The Morgan fingerprint density at radius 3 is 2.75 bits per heavy atom. The van der Waals surface area contributed by atoms with Crippen molar-refractivity contribution in [3.8, 4) is 0 Å². The first kappa shape index (κ1) is 20.4. The first-order valence-corrected chi connectivity index (χ1v) is 7.65. The Bertz CT molecular complexity index is 683. The molecule has 1 aliphatic heterocycles. The number of carbonyl (C=O) groups is 1. The molecular formula is C16H23Cl2N5O. The Labute approximate surface area is 154 Å². The fourth-order valence-electron chi connectivity index (χ4n) is 2.73. The second-order valence-electron chi connectivity index (χ2n) is 5.72. The molecule has 0 spiro atoms. The van der Waals surface area contributed by atoms with Gasteiger partial charge in [0.25, 0.3) is 5.91 Å². The van der Waals surface area contributed by atoms with Crippen LogP contribution in [0.2, 0.25) is 0 Å². The molecule has 1 fully saturated rings. The topological polar surface area (TPSA) is 71.8 Å². The normalized spacial score (nSPS) is 16.7. The molecule has 0 radical (unpaired) electrons. The van der Waals surface area contributed by atoms with Crippen LogP contribution in [0.4, 0.5) is 5.69 Å². The van der Waals surface area contributed by atoms with Crippen LogP contribution in [0.25, 0.3) is 0 Å². The van der Waals surface area contributed by atoms with Crippen LogP contribution in [0.1, 0.15) is 40.8 Å². The van der Waals surface area contributed by atoms with Crippen LogP contribution in [0.3, 0.4) is 0 Å². The highest BCUT2D eigenvalue weighted by molar-refractivity contribution is 6.03. The molecule has 1 atom stereocenters. The Balaban J connectivity index is 0.00000144. The number of aromatic nitrogens is 3. The summed E-state index contributed by atoms with van der Waals surface area (Å²) in [5.74, 6) is -0.198. The molecule has 2 aromatic heterocycles. The molecule has 3 heterocycles. The van der Waals surface area contributed by atoms with E-state index in [4.69, 9.17) is 0 Å². The Morgan fingerprint density at radius 1 is 1.29 bits per heavy atom. The molecule has 1 saturated heterocycles. The van der Waals surface area contributed by atoms with Gasteiger partial charge in [-0.3, -0.25) is 14.5 Å². The summed E-state index contributed by atoms with van der Waals surface area (Å²) in [5.41, 5.74) is 2.91. The van der Waals surface area contributed by atoms with Gasteiger partial charge in [0, 0.05) is 18.4 Å². The number of rotatable bonds is 3. The number of pyridine rings is 1. The van der Waals surface area contributed by atoms with Crippen molar-refractivity contribution in [2.75, 3.05) is 18.4 Å². The standard InChI is InChI=1S/C16H21N5O.2ClH/c1-11-5-6-14(12(2)18-11)19-16(22)15-7-9-21(20-15)13-4-3-8-17-10-13;;/h5-7,9,13,17H,3-4,8,10H2,1-2H3,(H,19,22);2*1H. The van der Waals surface area contributed by atoms with E-state index >= 15 is 0 Å². The van der Waals surface area contributed by atoms with Crippen LogP contribution >= 0.6 is 24.8 Å². The molecular weight excluding hydrogens is 349 g/mol. The number of piperidine rings is 1. The molecule has 0 saturated carbocycles. The van der Waals surface area contributed by atoms with Gasteiger partial charge in [-0.05, 0) is 51.4 Å².